The van der Waals surface area contributed by atoms with Crippen LogP contribution >= 0.6 is 0 Å². The number of ketones is 1. The van der Waals surface area contributed by atoms with Crippen molar-refractivity contribution in [1.82, 2.24) is 0 Å². The lowest BCUT2D eigenvalue weighted by Crippen LogP contribution is -2.26. The van der Waals surface area contributed by atoms with Crippen molar-refractivity contribution in [3.8, 4) is 5.75 Å². The summed E-state index contributed by atoms with van der Waals surface area (Å²) in [6.45, 7) is 1.86. The van der Waals surface area contributed by atoms with Gasteiger partial charge in [0.15, 0.2) is 6.10 Å². The molecule has 0 saturated heterocycles. The zero-order valence-corrected chi connectivity index (χ0v) is 16.3. The average Bonchev–Trinajstić information content (AvgIpc) is 2.78. The number of hydrogen-bond acceptors (Lipinski definition) is 5. The van der Waals surface area contributed by atoms with Crippen LogP contribution in [0.25, 0.3) is 0 Å². The highest BCUT2D eigenvalue weighted by Crippen LogP contribution is 2.22. The minimum Gasteiger partial charge on any atom is -0.482 e. The molecule has 7 nitrogen and oxygen atoms in total. The van der Waals surface area contributed by atoms with E-state index in [9.17, 15) is 19.7 Å². The maximum atomic E-state index is 12.7. The molecule has 0 radical (unpaired) electrons. The Morgan fingerprint density at radius 1 is 0.967 bits per heavy atom. The first-order valence-electron chi connectivity index (χ1n) is 9.39. The fraction of sp³-hybridized carbons (Fsp3) is 0.130. The fourth-order valence-electron chi connectivity index (χ4n) is 2.89. The van der Waals surface area contributed by atoms with Crippen molar-refractivity contribution in [2.45, 2.75) is 19.4 Å². The predicted molar refractivity (Wildman–Crippen MR) is 113 cm³/mol. The molecule has 0 spiro atoms. The molecule has 0 aromatic heterocycles. The van der Waals surface area contributed by atoms with E-state index in [0.717, 1.165) is 0 Å². The number of carbonyl (C=O) groups is 2. The number of anilines is 1. The van der Waals surface area contributed by atoms with Crippen LogP contribution in [0.3, 0.4) is 0 Å². The normalized spacial score (nSPS) is 11.4. The molecule has 0 fully saturated rings. The van der Waals surface area contributed by atoms with Crippen LogP contribution in [0.4, 0.5) is 11.4 Å². The van der Waals surface area contributed by atoms with Gasteiger partial charge in [-0.05, 0) is 24.6 Å². The monoisotopic (exact) mass is 404 g/mol. The third-order valence-electron chi connectivity index (χ3n) is 4.41. The Morgan fingerprint density at radius 2 is 1.67 bits per heavy atom. The molecule has 0 aliphatic heterocycles. The molecule has 1 atom stereocenters. The molecule has 7 heteroatoms. The molecule has 1 N–H and O–H groups in total. The Bertz CT molecular complexity index is 1070. The molecular weight excluding hydrogens is 384 g/mol. The van der Waals surface area contributed by atoms with E-state index in [1.165, 1.54) is 24.3 Å². The van der Waals surface area contributed by atoms with Gasteiger partial charge >= 0.3 is 0 Å². The summed E-state index contributed by atoms with van der Waals surface area (Å²) >= 11 is 0. The van der Waals surface area contributed by atoms with Crippen LogP contribution < -0.4 is 10.1 Å². The molecule has 1 amide bonds. The van der Waals surface area contributed by atoms with Crippen LogP contribution in [0.1, 0.15) is 34.1 Å². The van der Waals surface area contributed by atoms with Crippen LogP contribution in [0.2, 0.25) is 0 Å². The molecule has 3 rings (SSSR count). The molecule has 1 unspecified atom stereocenters. The van der Waals surface area contributed by atoms with Gasteiger partial charge in [0, 0.05) is 35.0 Å². The lowest BCUT2D eigenvalue weighted by atomic mass is 10.0. The summed E-state index contributed by atoms with van der Waals surface area (Å²) in [4.78, 5) is 35.4. The van der Waals surface area contributed by atoms with Crippen LogP contribution in [-0.2, 0) is 0 Å². The van der Waals surface area contributed by atoms with E-state index < -0.39 is 16.9 Å². The Balaban J connectivity index is 1.72. The summed E-state index contributed by atoms with van der Waals surface area (Å²) in [6, 6.07) is 21.1. The number of benzene rings is 3. The fourth-order valence-corrected chi connectivity index (χ4v) is 2.89. The highest BCUT2D eigenvalue weighted by molar-refractivity contribution is 6.04. The lowest BCUT2D eigenvalue weighted by Gasteiger charge is -2.17. The maximum Gasteiger partial charge on any atom is 0.270 e. The Labute approximate surface area is 173 Å². The van der Waals surface area contributed by atoms with E-state index in [-0.39, 0.29) is 17.0 Å². The van der Waals surface area contributed by atoms with Crippen LogP contribution in [0, 0.1) is 10.1 Å². The number of hydrogen-bond donors (Lipinski definition) is 1. The van der Waals surface area contributed by atoms with Gasteiger partial charge in [0.25, 0.3) is 11.6 Å². The zero-order valence-electron chi connectivity index (χ0n) is 16.3. The van der Waals surface area contributed by atoms with E-state index in [4.69, 9.17) is 4.74 Å². The molecule has 30 heavy (non-hydrogen) atoms. The lowest BCUT2D eigenvalue weighted by molar-refractivity contribution is -0.384. The predicted octanol–water partition coefficient (Wildman–Crippen LogP) is 4.89. The van der Waals surface area contributed by atoms with E-state index in [1.54, 1.807) is 48.5 Å². The van der Waals surface area contributed by atoms with Crippen molar-refractivity contribution in [2.75, 3.05) is 5.32 Å². The summed E-state index contributed by atoms with van der Waals surface area (Å²) in [7, 11) is 0. The van der Waals surface area contributed by atoms with Gasteiger partial charge in [-0.3, -0.25) is 19.7 Å². The quantitative estimate of drug-likeness (QED) is 0.327. The molecule has 0 aliphatic carbocycles. The molecular formula is C23H20N2O5. The van der Waals surface area contributed by atoms with Crippen molar-refractivity contribution in [3.63, 3.8) is 0 Å². The minimum absolute atomic E-state index is 0.121. The largest absolute Gasteiger partial charge is 0.482 e. The third kappa shape index (κ3) is 5.08. The first-order chi connectivity index (χ1) is 14.5. The number of nitrogens with one attached hydrogen (secondary N) is 1. The zero-order chi connectivity index (χ0) is 21.5. The Morgan fingerprint density at radius 3 is 2.37 bits per heavy atom. The summed E-state index contributed by atoms with van der Waals surface area (Å²) < 4.78 is 5.87. The number of carbonyl (C=O) groups excluding carboxylic acids is 2. The Hall–Kier alpha value is -4.00. The highest BCUT2D eigenvalue weighted by Gasteiger charge is 2.20. The number of Topliss-reactive ketones (excluding diaryl/α,β-unsaturated/α-hetero) is 1. The Kier molecular flexibility index (Phi) is 6.54. The number of nitrogens with zero attached hydrogens (tertiary/aromatic N) is 1. The summed E-state index contributed by atoms with van der Waals surface area (Å²) in [6.07, 6.45) is -0.173. The minimum atomic E-state index is -0.657. The maximum absolute atomic E-state index is 12.7. The van der Waals surface area contributed by atoms with Crippen molar-refractivity contribution < 1.29 is 19.2 Å². The summed E-state index contributed by atoms with van der Waals surface area (Å²) in [5.41, 5.74) is 1.02. The topological polar surface area (TPSA) is 98.5 Å². The van der Waals surface area contributed by atoms with Crippen molar-refractivity contribution in [2.24, 2.45) is 0 Å². The van der Waals surface area contributed by atoms with Gasteiger partial charge < -0.3 is 10.1 Å². The molecule has 0 heterocycles. The number of nitro groups is 1. The number of ether oxygens (including phenoxy) is 1. The van der Waals surface area contributed by atoms with Crippen LogP contribution in [0.15, 0.2) is 78.9 Å². The highest BCUT2D eigenvalue weighted by atomic mass is 16.6. The summed E-state index contributed by atoms with van der Waals surface area (Å²) in [5, 5.41) is 13.6. The molecule has 0 bridgehead atoms. The first-order valence-corrected chi connectivity index (χ1v) is 9.39. The molecule has 3 aromatic carbocycles. The van der Waals surface area contributed by atoms with Crippen LogP contribution in [-0.4, -0.2) is 22.7 Å². The molecule has 3 aromatic rings. The second kappa shape index (κ2) is 9.47. The molecule has 0 saturated carbocycles. The van der Waals surface area contributed by atoms with Gasteiger partial charge in [-0.2, -0.15) is 0 Å². The van der Waals surface area contributed by atoms with Gasteiger partial charge in [0.05, 0.1) is 4.92 Å². The van der Waals surface area contributed by atoms with Crippen molar-refractivity contribution >= 4 is 23.1 Å². The van der Waals surface area contributed by atoms with E-state index in [1.807, 2.05) is 13.0 Å². The number of nitro benzene ring substituents is 1. The number of non-ortho nitro benzene ring substituents is 1. The third-order valence-corrected chi connectivity index (χ3v) is 4.41. The van der Waals surface area contributed by atoms with E-state index in [0.29, 0.717) is 23.4 Å². The number of amides is 1. The van der Waals surface area contributed by atoms with Crippen LogP contribution in [0.5, 0.6) is 5.75 Å². The molecule has 152 valence electrons. The second-order valence-corrected chi connectivity index (χ2v) is 6.53. The average molecular weight is 404 g/mol. The van der Waals surface area contributed by atoms with Gasteiger partial charge in [-0.1, -0.05) is 49.4 Å². The molecule has 0 aliphatic rings. The smallest absolute Gasteiger partial charge is 0.270 e. The van der Waals surface area contributed by atoms with Gasteiger partial charge in [0.1, 0.15) is 5.75 Å². The van der Waals surface area contributed by atoms with Crippen molar-refractivity contribution in [1.29, 1.82) is 0 Å². The van der Waals surface area contributed by atoms with Gasteiger partial charge in [-0.15, -0.1) is 0 Å². The standard InChI is InChI=1S/C23H20N2O5/c1-2-21(22(26)16-8-4-3-5-9-16)30-20-13-7-11-18(15-20)24-23(27)17-10-6-12-19(14-17)25(28)29/h3-15,21H,2H2,1H3,(H,24,27). The van der Waals surface area contributed by atoms with Gasteiger partial charge in [-0.25, -0.2) is 0 Å². The summed E-state index contributed by atoms with van der Waals surface area (Å²) in [5.74, 6) is -0.171. The van der Waals surface area contributed by atoms with Crippen molar-refractivity contribution in [3.05, 3.63) is 100 Å². The van der Waals surface area contributed by atoms with E-state index in [2.05, 4.69) is 5.32 Å². The van der Waals surface area contributed by atoms with E-state index >= 15 is 0 Å². The SMILES string of the molecule is CCC(Oc1cccc(NC(=O)c2cccc([N+](=O)[O-])c2)c1)C(=O)c1ccccc1. The number of rotatable bonds is 8. The first kappa shape index (κ1) is 20.7. The van der Waals surface area contributed by atoms with Gasteiger partial charge in [0.2, 0.25) is 5.78 Å². The second-order valence-electron chi connectivity index (χ2n) is 6.53.